The smallest absolute Gasteiger partial charge is 0.137 e. The van der Waals surface area contributed by atoms with Gasteiger partial charge in [-0.1, -0.05) is 0 Å². The van der Waals surface area contributed by atoms with E-state index in [0.29, 0.717) is 0 Å². The molecule has 0 spiro atoms. The largest absolute Gasteiger partial charge is 0.346 e. The van der Waals surface area contributed by atoms with Crippen LogP contribution in [-0.4, -0.2) is 29.4 Å². The number of nitrogens with zero attached hydrogens (tertiary/aromatic N) is 5. The number of nitrogens with one attached hydrogen (secondary N) is 1. The van der Waals surface area contributed by atoms with Crippen LogP contribution in [0, 0.1) is 0 Å². The van der Waals surface area contributed by atoms with E-state index >= 15 is 0 Å². The predicted octanol–water partition coefficient (Wildman–Crippen LogP) is 3.28. The Labute approximate surface area is 137 Å². The van der Waals surface area contributed by atoms with Crippen molar-refractivity contribution in [2.24, 2.45) is 7.05 Å². The first-order valence-electron chi connectivity index (χ1n) is 7.68. The summed E-state index contributed by atoms with van der Waals surface area (Å²) in [6.45, 7) is 0. The van der Waals surface area contributed by atoms with Gasteiger partial charge in [0.1, 0.15) is 5.65 Å². The SMILES string of the molecule is Cn1cc(-c2cnc3[nH]cc(-c4ccn5nccc5c4)c3c2)cn1. The third-order valence-corrected chi connectivity index (χ3v) is 4.28. The number of fused-ring (bicyclic) bond motifs is 2. The highest BCUT2D eigenvalue weighted by Gasteiger charge is 2.10. The van der Waals surface area contributed by atoms with Gasteiger partial charge >= 0.3 is 0 Å². The zero-order valence-electron chi connectivity index (χ0n) is 13.0. The monoisotopic (exact) mass is 314 g/mol. The molecule has 6 nitrogen and oxygen atoms in total. The normalized spacial score (nSPS) is 11.5. The highest BCUT2D eigenvalue weighted by molar-refractivity contribution is 5.96. The van der Waals surface area contributed by atoms with Gasteiger partial charge in [-0.2, -0.15) is 10.2 Å². The zero-order chi connectivity index (χ0) is 16.1. The van der Waals surface area contributed by atoms with Gasteiger partial charge in [0.25, 0.3) is 0 Å². The molecule has 5 aromatic rings. The van der Waals surface area contributed by atoms with Crippen molar-refractivity contribution in [1.82, 2.24) is 29.4 Å². The average molecular weight is 314 g/mol. The standard InChI is InChI=1S/C18H14N6/c1-23-11-14(9-22-23)13-7-16-17(10-20-18(16)19-8-13)12-3-5-24-15(6-12)2-4-21-24/h2-11H,1H3,(H,19,20). The van der Waals surface area contributed by atoms with Crippen LogP contribution in [0.3, 0.4) is 0 Å². The minimum atomic E-state index is 0.881. The van der Waals surface area contributed by atoms with Crippen molar-refractivity contribution in [2.75, 3.05) is 0 Å². The van der Waals surface area contributed by atoms with Crippen LogP contribution in [0.2, 0.25) is 0 Å². The van der Waals surface area contributed by atoms with Crippen molar-refractivity contribution in [3.05, 3.63) is 61.4 Å². The number of aromatic nitrogens is 6. The van der Waals surface area contributed by atoms with E-state index in [4.69, 9.17) is 0 Å². The molecule has 116 valence electrons. The lowest BCUT2D eigenvalue weighted by atomic mass is 10.0. The molecule has 0 saturated heterocycles. The fraction of sp³-hybridized carbons (Fsp3) is 0.0556. The van der Waals surface area contributed by atoms with Crippen molar-refractivity contribution in [3.63, 3.8) is 0 Å². The minimum Gasteiger partial charge on any atom is -0.346 e. The van der Waals surface area contributed by atoms with Gasteiger partial charge in [-0.05, 0) is 29.8 Å². The molecule has 24 heavy (non-hydrogen) atoms. The molecule has 0 bridgehead atoms. The molecule has 0 aromatic carbocycles. The number of pyridine rings is 2. The summed E-state index contributed by atoms with van der Waals surface area (Å²) in [6.07, 6.45) is 11.5. The maximum atomic E-state index is 4.56. The molecule has 0 atom stereocenters. The molecule has 0 aliphatic heterocycles. The van der Waals surface area contributed by atoms with E-state index in [1.165, 1.54) is 0 Å². The Morgan fingerprint density at radius 1 is 1.00 bits per heavy atom. The first kappa shape index (κ1) is 13.1. The van der Waals surface area contributed by atoms with E-state index in [2.05, 4.69) is 38.4 Å². The Morgan fingerprint density at radius 3 is 2.83 bits per heavy atom. The van der Waals surface area contributed by atoms with E-state index in [0.717, 1.165) is 38.8 Å². The summed E-state index contributed by atoms with van der Waals surface area (Å²) >= 11 is 0. The molecule has 0 amide bonds. The van der Waals surface area contributed by atoms with Gasteiger partial charge in [0.05, 0.1) is 11.7 Å². The van der Waals surface area contributed by atoms with E-state index in [1.54, 1.807) is 10.9 Å². The molecule has 5 heterocycles. The number of hydrogen-bond donors (Lipinski definition) is 1. The predicted molar refractivity (Wildman–Crippen MR) is 92.5 cm³/mol. The lowest BCUT2D eigenvalue weighted by Gasteiger charge is -2.02. The number of rotatable bonds is 2. The summed E-state index contributed by atoms with van der Waals surface area (Å²) in [5.41, 5.74) is 6.34. The van der Waals surface area contributed by atoms with Crippen LogP contribution in [-0.2, 0) is 7.05 Å². The van der Waals surface area contributed by atoms with Gasteiger partial charge in [-0.3, -0.25) is 4.68 Å². The highest BCUT2D eigenvalue weighted by Crippen LogP contribution is 2.31. The Balaban J connectivity index is 1.70. The average Bonchev–Trinajstić information content (AvgIpc) is 3.32. The molecular formula is C18H14N6. The second kappa shape index (κ2) is 4.79. The Hall–Kier alpha value is -3.41. The van der Waals surface area contributed by atoms with Crippen LogP contribution in [0.1, 0.15) is 0 Å². The van der Waals surface area contributed by atoms with Crippen LogP contribution in [0.4, 0.5) is 0 Å². The van der Waals surface area contributed by atoms with Gasteiger partial charge in [-0.15, -0.1) is 0 Å². The number of H-pyrrole nitrogens is 1. The molecule has 6 heteroatoms. The molecule has 0 fully saturated rings. The van der Waals surface area contributed by atoms with Crippen molar-refractivity contribution in [2.45, 2.75) is 0 Å². The summed E-state index contributed by atoms with van der Waals surface area (Å²) in [7, 11) is 1.91. The van der Waals surface area contributed by atoms with Crippen LogP contribution in [0.25, 0.3) is 38.8 Å². The van der Waals surface area contributed by atoms with E-state index in [9.17, 15) is 0 Å². The molecule has 0 unspecified atom stereocenters. The van der Waals surface area contributed by atoms with E-state index in [-0.39, 0.29) is 0 Å². The number of hydrogen-bond acceptors (Lipinski definition) is 3. The first-order valence-corrected chi connectivity index (χ1v) is 7.68. The maximum Gasteiger partial charge on any atom is 0.137 e. The lowest BCUT2D eigenvalue weighted by molar-refractivity contribution is 0.768. The number of aryl methyl sites for hydroxylation is 1. The highest BCUT2D eigenvalue weighted by atomic mass is 15.2. The minimum absolute atomic E-state index is 0.881. The maximum absolute atomic E-state index is 4.56. The van der Waals surface area contributed by atoms with Crippen LogP contribution < -0.4 is 0 Å². The summed E-state index contributed by atoms with van der Waals surface area (Å²) in [5.74, 6) is 0. The fourth-order valence-electron chi connectivity index (χ4n) is 3.06. The number of aromatic amines is 1. The van der Waals surface area contributed by atoms with E-state index in [1.807, 2.05) is 48.6 Å². The van der Waals surface area contributed by atoms with Gasteiger partial charge in [0.15, 0.2) is 0 Å². The Kier molecular flexibility index (Phi) is 2.61. The quantitative estimate of drug-likeness (QED) is 0.544. The molecular weight excluding hydrogens is 300 g/mol. The van der Waals surface area contributed by atoms with Gasteiger partial charge < -0.3 is 4.98 Å². The van der Waals surface area contributed by atoms with Gasteiger partial charge in [-0.25, -0.2) is 9.50 Å². The zero-order valence-corrected chi connectivity index (χ0v) is 13.0. The van der Waals surface area contributed by atoms with Crippen molar-refractivity contribution >= 4 is 16.6 Å². The van der Waals surface area contributed by atoms with Gasteiger partial charge in [0.2, 0.25) is 0 Å². The van der Waals surface area contributed by atoms with Crippen molar-refractivity contribution in [1.29, 1.82) is 0 Å². The molecule has 5 aromatic heterocycles. The van der Waals surface area contributed by atoms with Crippen molar-refractivity contribution < 1.29 is 0 Å². The fourth-order valence-corrected chi connectivity index (χ4v) is 3.06. The van der Waals surface area contributed by atoms with Crippen molar-refractivity contribution in [3.8, 4) is 22.3 Å². The Morgan fingerprint density at radius 2 is 1.96 bits per heavy atom. The van der Waals surface area contributed by atoms with Gasteiger partial charge in [0, 0.05) is 60.1 Å². The summed E-state index contributed by atoms with van der Waals surface area (Å²) < 4.78 is 3.66. The molecule has 1 N–H and O–H groups in total. The molecule has 0 saturated carbocycles. The summed E-state index contributed by atoms with van der Waals surface area (Å²) in [4.78, 5) is 7.81. The molecule has 0 aliphatic carbocycles. The molecule has 0 aliphatic rings. The second-order valence-electron chi connectivity index (χ2n) is 5.84. The molecule has 5 rings (SSSR count). The molecule has 0 radical (unpaired) electrons. The first-order chi connectivity index (χ1) is 11.8. The topological polar surface area (TPSA) is 63.8 Å². The van der Waals surface area contributed by atoms with Crippen LogP contribution >= 0.6 is 0 Å². The van der Waals surface area contributed by atoms with Crippen LogP contribution in [0.5, 0.6) is 0 Å². The Bertz CT molecular complexity index is 1180. The second-order valence-corrected chi connectivity index (χ2v) is 5.84. The van der Waals surface area contributed by atoms with E-state index < -0.39 is 0 Å². The third kappa shape index (κ3) is 1.93. The summed E-state index contributed by atoms with van der Waals surface area (Å²) in [5, 5.41) is 9.59. The lowest BCUT2D eigenvalue weighted by Crippen LogP contribution is -1.86. The third-order valence-electron chi connectivity index (χ3n) is 4.28. The van der Waals surface area contributed by atoms with Crippen LogP contribution in [0.15, 0.2) is 61.4 Å². The summed E-state index contributed by atoms with van der Waals surface area (Å²) in [6, 6.07) is 8.36.